The first-order valence-electron chi connectivity index (χ1n) is 7.76. The predicted molar refractivity (Wildman–Crippen MR) is 82.5 cm³/mol. The summed E-state index contributed by atoms with van der Waals surface area (Å²) in [5.41, 5.74) is 0.951. The molecule has 1 aromatic rings. The first kappa shape index (κ1) is 16.2. The third-order valence-corrected chi connectivity index (χ3v) is 3.49. The largest absolute Gasteiger partial charge is 0.476 e. The Bertz CT molecular complexity index is 422. The second-order valence-electron chi connectivity index (χ2n) is 6.60. The Morgan fingerprint density at radius 1 is 1.24 bits per heavy atom. The van der Waals surface area contributed by atoms with Crippen molar-refractivity contribution in [1.82, 2.24) is 14.9 Å². The molecule has 0 spiro atoms. The van der Waals surface area contributed by atoms with E-state index in [1.54, 1.807) is 12.4 Å². The summed E-state index contributed by atoms with van der Waals surface area (Å²) in [6.07, 6.45) is 4.40. The van der Waals surface area contributed by atoms with Gasteiger partial charge in [0.15, 0.2) is 0 Å². The minimum Gasteiger partial charge on any atom is -0.476 e. The van der Waals surface area contributed by atoms with Gasteiger partial charge in [-0.3, -0.25) is 4.98 Å². The summed E-state index contributed by atoms with van der Waals surface area (Å²) in [6, 6.07) is 0. The van der Waals surface area contributed by atoms with E-state index in [2.05, 4.69) is 42.6 Å². The van der Waals surface area contributed by atoms with Crippen LogP contribution in [-0.4, -0.2) is 53.3 Å². The number of ether oxygens (including phenoxy) is 2. The molecule has 0 amide bonds. The van der Waals surface area contributed by atoms with Gasteiger partial charge in [0.25, 0.3) is 0 Å². The van der Waals surface area contributed by atoms with Crippen LogP contribution in [0, 0.1) is 5.92 Å². The van der Waals surface area contributed by atoms with Gasteiger partial charge in [-0.15, -0.1) is 0 Å². The Balaban J connectivity index is 1.58. The molecule has 5 nitrogen and oxygen atoms in total. The Morgan fingerprint density at radius 3 is 2.57 bits per heavy atom. The molecule has 0 aliphatic carbocycles. The fourth-order valence-corrected chi connectivity index (χ4v) is 2.25. The number of hydrogen-bond acceptors (Lipinski definition) is 5. The lowest BCUT2D eigenvalue weighted by Gasteiger charge is -2.39. The smallest absolute Gasteiger partial charge is 0.232 e. The van der Waals surface area contributed by atoms with Crippen molar-refractivity contribution >= 4 is 0 Å². The Labute approximate surface area is 127 Å². The van der Waals surface area contributed by atoms with Crippen LogP contribution < -0.4 is 4.74 Å². The second kappa shape index (κ2) is 7.18. The lowest BCUT2D eigenvalue weighted by Crippen LogP contribution is -2.50. The van der Waals surface area contributed by atoms with E-state index in [4.69, 9.17) is 9.47 Å². The molecule has 118 valence electrons. The molecular formula is C16H27N3O2. The molecule has 1 fully saturated rings. The molecule has 0 N–H and O–H groups in total. The van der Waals surface area contributed by atoms with Crippen LogP contribution in [0.2, 0.25) is 0 Å². The fourth-order valence-electron chi connectivity index (χ4n) is 2.25. The van der Waals surface area contributed by atoms with Gasteiger partial charge in [0, 0.05) is 25.6 Å². The third kappa shape index (κ3) is 5.59. The number of nitrogens with zero attached hydrogens (tertiary/aromatic N) is 3. The van der Waals surface area contributed by atoms with Crippen molar-refractivity contribution in [2.75, 3.05) is 32.8 Å². The van der Waals surface area contributed by atoms with Crippen molar-refractivity contribution in [2.24, 2.45) is 5.92 Å². The van der Waals surface area contributed by atoms with E-state index >= 15 is 0 Å². The number of aryl methyl sites for hydroxylation is 1. The number of likely N-dealkylation sites (tertiary alicyclic amines) is 1. The van der Waals surface area contributed by atoms with Gasteiger partial charge in [0.1, 0.15) is 0 Å². The highest BCUT2D eigenvalue weighted by Gasteiger charge is 2.27. The lowest BCUT2D eigenvalue weighted by atomic mass is 10.0. The zero-order chi connectivity index (χ0) is 15.3. The zero-order valence-electron chi connectivity index (χ0n) is 13.6. The maximum atomic E-state index is 5.73. The van der Waals surface area contributed by atoms with Gasteiger partial charge in [-0.2, -0.15) is 0 Å². The first-order chi connectivity index (χ1) is 9.96. The molecule has 1 saturated heterocycles. The normalized spacial score (nSPS) is 16.8. The van der Waals surface area contributed by atoms with Crippen LogP contribution >= 0.6 is 0 Å². The quantitative estimate of drug-likeness (QED) is 0.771. The summed E-state index contributed by atoms with van der Waals surface area (Å²) < 4.78 is 11.4. The Hall–Kier alpha value is -1.20. The standard InChI is InChI=1S/C16H27N3O2/c1-5-14-8-18-15(9-17-14)20-12-13-10-19(11-13)6-7-21-16(2,3)4/h8-9,13H,5-7,10-12H2,1-4H3. The predicted octanol–water partition coefficient (Wildman–Crippen LogP) is 2.16. The van der Waals surface area contributed by atoms with Gasteiger partial charge >= 0.3 is 0 Å². The van der Waals surface area contributed by atoms with Crippen molar-refractivity contribution in [2.45, 2.75) is 39.7 Å². The van der Waals surface area contributed by atoms with E-state index in [0.29, 0.717) is 11.8 Å². The number of hydrogen-bond donors (Lipinski definition) is 0. The first-order valence-corrected chi connectivity index (χ1v) is 7.76. The summed E-state index contributed by atoms with van der Waals surface area (Å²) in [7, 11) is 0. The fraction of sp³-hybridized carbons (Fsp3) is 0.750. The maximum Gasteiger partial charge on any atom is 0.232 e. The summed E-state index contributed by atoms with van der Waals surface area (Å²) in [5.74, 6) is 1.22. The minimum atomic E-state index is -0.0449. The average Bonchev–Trinajstić information content (AvgIpc) is 2.39. The SMILES string of the molecule is CCc1cnc(OCC2CN(CCOC(C)(C)C)C2)cn1. The molecule has 0 aromatic carbocycles. The lowest BCUT2D eigenvalue weighted by molar-refractivity contribution is -0.0319. The van der Waals surface area contributed by atoms with Gasteiger partial charge in [-0.25, -0.2) is 4.98 Å². The molecule has 0 unspecified atom stereocenters. The number of aromatic nitrogens is 2. The van der Waals surface area contributed by atoms with Crippen molar-refractivity contribution in [3.63, 3.8) is 0 Å². The molecular weight excluding hydrogens is 266 g/mol. The van der Waals surface area contributed by atoms with E-state index in [0.717, 1.165) is 45.0 Å². The Kier molecular flexibility index (Phi) is 5.53. The minimum absolute atomic E-state index is 0.0449. The van der Waals surface area contributed by atoms with Crippen molar-refractivity contribution in [3.05, 3.63) is 18.1 Å². The van der Waals surface area contributed by atoms with Gasteiger partial charge in [-0.05, 0) is 27.2 Å². The third-order valence-electron chi connectivity index (χ3n) is 3.49. The molecule has 1 aliphatic heterocycles. The van der Waals surface area contributed by atoms with Crippen LogP contribution in [0.5, 0.6) is 5.88 Å². The van der Waals surface area contributed by atoms with E-state index in [-0.39, 0.29) is 5.60 Å². The van der Waals surface area contributed by atoms with Crippen LogP contribution in [-0.2, 0) is 11.2 Å². The zero-order valence-corrected chi connectivity index (χ0v) is 13.6. The highest BCUT2D eigenvalue weighted by atomic mass is 16.5. The highest BCUT2D eigenvalue weighted by molar-refractivity contribution is 5.07. The van der Waals surface area contributed by atoms with E-state index in [1.165, 1.54) is 0 Å². The van der Waals surface area contributed by atoms with E-state index < -0.39 is 0 Å². The summed E-state index contributed by atoms with van der Waals surface area (Å²) in [5, 5.41) is 0. The molecule has 1 aromatic heterocycles. The molecule has 5 heteroatoms. The van der Waals surface area contributed by atoms with Crippen LogP contribution in [0.25, 0.3) is 0 Å². The summed E-state index contributed by atoms with van der Waals surface area (Å²) in [4.78, 5) is 10.9. The summed E-state index contributed by atoms with van der Waals surface area (Å²) in [6.45, 7) is 13.0. The van der Waals surface area contributed by atoms with Crippen LogP contribution in [0.1, 0.15) is 33.4 Å². The summed E-state index contributed by atoms with van der Waals surface area (Å²) >= 11 is 0. The molecule has 0 atom stereocenters. The van der Waals surface area contributed by atoms with Crippen LogP contribution in [0.4, 0.5) is 0 Å². The van der Waals surface area contributed by atoms with Crippen molar-refractivity contribution in [3.8, 4) is 5.88 Å². The molecule has 21 heavy (non-hydrogen) atoms. The monoisotopic (exact) mass is 293 g/mol. The molecule has 0 saturated carbocycles. The molecule has 2 rings (SSSR count). The second-order valence-corrected chi connectivity index (χ2v) is 6.60. The van der Waals surface area contributed by atoms with Gasteiger partial charge in [0.2, 0.25) is 5.88 Å². The molecule has 1 aliphatic rings. The Morgan fingerprint density at radius 2 is 2.00 bits per heavy atom. The van der Waals surface area contributed by atoms with Crippen molar-refractivity contribution < 1.29 is 9.47 Å². The molecule has 0 bridgehead atoms. The van der Waals surface area contributed by atoms with Crippen molar-refractivity contribution in [1.29, 1.82) is 0 Å². The van der Waals surface area contributed by atoms with E-state index in [9.17, 15) is 0 Å². The van der Waals surface area contributed by atoms with Crippen LogP contribution in [0.15, 0.2) is 12.4 Å². The topological polar surface area (TPSA) is 47.5 Å². The maximum absolute atomic E-state index is 5.73. The van der Waals surface area contributed by atoms with Gasteiger partial charge in [-0.1, -0.05) is 6.92 Å². The number of rotatable bonds is 7. The van der Waals surface area contributed by atoms with E-state index in [1.807, 2.05) is 0 Å². The average molecular weight is 293 g/mol. The highest BCUT2D eigenvalue weighted by Crippen LogP contribution is 2.17. The van der Waals surface area contributed by atoms with Gasteiger partial charge in [0.05, 0.1) is 36.9 Å². The molecule has 2 heterocycles. The molecule has 0 radical (unpaired) electrons. The van der Waals surface area contributed by atoms with Gasteiger partial charge < -0.3 is 14.4 Å². The van der Waals surface area contributed by atoms with Crippen LogP contribution in [0.3, 0.4) is 0 Å².